The van der Waals surface area contributed by atoms with Gasteiger partial charge in [0.25, 0.3) is 0 Å². The number of carbonyl (C=O) groups excluding carboxylic acids is 1. The van der Waals surface area contributed by atoms with Gasteiger partial charge in [-0.15, -0.1) is 10.2 Å². The van der Waals surface area contributed by atoms with Crippen molar-refractivity contribution in [2.45, 2.75) is 46.1 Å². The number of benzene rings is 1. The zero-order valence-electron chi connectivity index (χ0n) is 12.8. The lowest BCUT2D eigenvalue weighted by atomic mass is 10.1. The Bertz CT molecular complexity index is 626. The summed E-state index contributed by atoms with van der Waals surface area (Å²) >= 11 is 0. The molecule has 0 aliphatic heterocycles. The van der Waals surface area contributed by atoms with Crippen LogP contribution in [0.15, 0.2) is 28.7 Å². The number of nitrogens with zero attached hydrogens (tertiary/aromatic N) is 2. The largest absolute Gasteiger partial charge is 0.460 e. The van der Waals surface area contributed by atoms with E-state index in [0.717, 1.165) is 11.1 Å². The molecule has 0 saturated heterocycles. The van der Waals surface area contributed by atoms with E-state index < -0.39 is 5.60 Å². The monoisotopic (exact) mass is 288 g/mol. The molecule has 5 heteroatoms. The molecule has 0 amide bonds. The number of carbonyl (C=O) groups is 1. The lowest BCUT2D eigenvalue weighted by molar-refractivity contribution is -0.153. The molecule has 2 aromatic rings. The number of hydrogen-bond donors (Lipinski definition) is 0. The molecule has 112 valence electrons. The molecule has 0 unspecified atom stereocenters. The van der Waals surface area contributed by atoms with Gasteiger partial charge in [0, 0.05) is 6.92 Å². The summed E-state index contributed by atoms with van der Waals surface area (Å²) in [6.45, 7) is 7.34. The molecule has 0 radical (unpaired) electrons. The Morgan fingerprint density at radius 3 is 2.57 bits per heavy atom. The molecule has 0 bridgehead atoms. The average Bonchev–Trinajstić information content (AvgIpc) is 2.72. The minimum Gasteiger partial charge on any atom is -0.460 e. The van der Waals surface area contributed by atoms with Crippen molar-refractivity contribution in [3.05, 3.63) is 47.2 Å². The van der Waals surface area contributed by atoms with Gasteiger partial charge in [-0.1, -0.05) is 24.3 Å². The van der Waals surface area contributed by atoms with Crippen molar-refractivity contribution < 1.29 is 13.9 Å². The average molecular weight is 288 g/mol. The number of esters is 1. The van der Waals surface area contributed by atoms with Crippen LogP contribution >= 0.6 is 0 Å². The number of hydrogen-bond acceptors (Lipinski definition) is 5. The molecule has 0 aliphatic carbocycles. The lowest BCUT2D eigenvalue weighted by Gasteiger charge is -2.19. The number of aryl methyl sites for hydroxylation is 1. The molecule has 2 rings (SSSR count). The highest BCUT2D eigenvalue weighted by Gasteiger charge is 2.16. The molecular weight excluding hydrogens is 268 g/mol. The van der Waals surface area contributed by atoms with Gasteiger partial charge in [-0.05, 0) is 31.9 Å². The van der Waals surface area contributed by atoms with E-state index in [2.05, 4.69) is 10.2 Å². The third kappa shape index (κ3) is 5.02. The van der Waals surface area contributed by atoms with E-state index in [1.165, 1.54) is 0 Å². The van der Waals surface area contributed by atoms with Gasteiger partial charge >= 0.3 is 5.97 Å². The van der Waals surface area contributed by atoms with E-state index in [4.69, 9.17) is 9.15 Å². The molecular formula is C16H20N2O3. The van der Waals surface area contributed by atoms with Crippen molar-refractivity contribution in [1.29, 1.82) is 0 Å². The molecule has 0 fully saturated rings. The first-order chi connectivity index (χ1) is 9.82. The fraction of sp³-hybridized carbons (Fsp3) is 0.438. The van der Waals surface area contributed by atoms with Crippen LogP contribution in [0.1, 0.15) is 43.7 Å². The summed E-state index contributed by atoms with van der Waals surface area (Å²) in [5.74, 6) is 0.894. The van der Waals surface area contributed by atoms with E-state index in [1.54, 1.807) is 6.92 Å². The standard InChI is InChI=1S/C16H20N2O3/c1-11-17-18-14(20-11)9-12-6-5-7-13(8-12)10-15(19)21-16(2,3)4/h5-8H,9-10H2,1-4H3. The van der Waals surface area contributed by atoms with Crippen LogP contribution in [0.4, 0.5) is 0 Å². The van der Waals surface area contributed by atoms with Crippen molar-refractivity contribution in [1.82, 2.24) is 10.2 Å². The van der Waals surface area contributed by atoms with Crippen LogP contribution < -0.4 is 0 Å². The Kier molecular flexibility index (Phi) is 4.40. The second kappa shape index (κ2) is 6.08. The van der Waals surface area contributed by atoms with Crippen LogP contribution in [0, 0.1) is 6.92 Å². The molecule has 0 saturated carbocycles. The first-order valence-corrected chi connectivity index (χ1v) is 6.90. The van der Waals surface area contributed by atoms with E-state index >= 15 is 0 Å². The Balaban J connectivity index is 2.02. The van der Waals surface area contributed by atoms with Gasteiger partial charge in [0.2, 0.25) is 11.8 Å². The maximum Gasteiger partial charge on any atom is 0.310 e. The third-order valence-electron chi connectivity index (χ3n) is 2.68. The van der Waals surface area contributed by atoms with Crippen molar-refractivity contribution in [3.8, 4) is 0 Å². The highest BCUT2D eigenvalue weighted by molar-refractivity contribution is 5.73. The van der Waals surface area contributed by atoms with Gasteiger partial charge in [-0.3, -0.25) is 4.79 Å². The van der Waals surface area contributed by atoms with E-state index in [0.29, 0.717) is 18.2 Å². The second-order valence-corrected chi connectivity index (χ2v) is 5.97. The topological polar surface area (TPSA) is 65.2 Å². The highest BCUT2D eigenvalue weighted by Crippen LogP contribution is 2.13. The predicted octanol–water partition coefficient (Wildman–Crippen LogP) is 2.85. The Morgan fingerprint density at radius 1 is 1.24 bits per heavy atom. The third-order valence-corrected chi connectivity index (χ3v) is 2.68. The van der Waals surface area contributed by atoms with Crippen molar-refractivity contribution >= 4 is 5.97 Å². The lowest BCUT2D eigenvalue weighted by Crippen LogP contribution is -2.24. The van der Waals surface area contributed by atoms with Crippen molar-refractivity contribution in [2.24, 2.45) is 0 Å². The normalized spacial score (nSPS) is 11.4. The van der Waals surface area contributed by atoms with E-state index in [1.807, 2.05) is 45.0 Å². The van der Waals surface area contributed by atoms with Gasteiger partial charge in [-0.25, -0.2) is 0 Å². The van der Waals surface area contributed by atoms with E-state index in [-0.39, 0.29) is 12.4 Å². The summed E-state index contributed by atoms with van der Waals surface area (Å²) in [7, 11) is 0. The van der Waals surface area contributed by atoms with Crippen LogP contribution in [0.25, 0.3) is 0 Å². The maximum absolute atomic E-state index is 11.8. The zero-order chi connectivity index (χ0) is 15.5. The summed E-state index contributed by atoms with van der Waals surface area (Å²) in [4.78, 5) is 11.8. The SMILES string of the molecule is Cc1nnc(Cc2cccc(CC(=O)OC(C)(C)C)c2)o1. The molecule has 0 aliphatic rings. The minimum atomic E-state index is -0.462. The number of aromatic nitrogens is 2. The van der Waals surface area contributed by atoms with E-state index in [9.17, 15) is 4.79 Å². The summed E-state index contributed by atoms with van der Waals surface area (Å²) < 4.78 is 10.7. The first-order valence-electron chi connectivity index (χ1n) is 6.90. The minimum absolute atomic E-state index is 0.228. The summed E-state index contributed by atoms with van der Waals surface area (Å²) in [6.07, 6.45) is 0.816. The van der Waals surface area contributed by atoms with Gasteiger partial charge < -0.3 is 9.15 Å². The molecule has 5 nitrogen and oxygen atoms in total. The van der Waals surface area contributed by atoms with Crippen molar-refractivity contribution in [2.75, 3.05) is 0 Å². The fourth-order valence-corrected chi connectivity index (χ4v) is 1.98. The van der Waals surface area contributed by atoms with Crippen LogP contribution in [-0.4, -0.2) is 21.8 Å². The Labute approximate surface area is 124 Å². The Morgan fingerprint density at radius 2 is 1.95 bits per heavy atom. The van der Waals surface area contributed by atoms with Crippen LogP contribution in [0.3, 0.4) is 0 Å². The predicted molar refractivity (Wildman–Crippen MR) is 77.8 cm³/mol. The second-order valence-electron chi connectivity index (χ2n) is 5.97. The molecule has 0 N–H and O–H groups in total. The number of rotatable bonds is 4. The molecule has 0 atom stereocenters. The van der Waals surface area contributed by atoms with Crippen LogP contribution in [0.2, 0.25) is 0 Å². The summed E-state index contributed by atoms with van der Waals surface area (Å²) in [5, 5.41) is 7.77. The quantitative estimate of drug-likeness (QED) is 0.809. The maximum atomic E-state index is 11.8. The smallest absolute Gasteiger partial charge is 0.310 e. The van der Waals surface area contributed by atoms with Crippen LogP contribution in [-0.2, 0) is 22.4 Å². The van der Waals surface area contributed by atoms with Crippen molar-refractivity contribution in [3.63, 3.8) is 0 Å². The first kappa shape index (κ1) is 15.2. The summed E-state index contributed by atoms with van der Waals surface area (Å²) in [5.41, 5.74) is 1.48. The zero-order valence-corrected chi connectivity index (χ0v) is 12.8. The number of ether oxygens (including phenoxy) is 1. The molecule has 0 spiro atoms. The van der Waals surface area contributed by atoms with Gasteiger partial charge in [0.1, 0.15) is 5.60 Å². The highest BCUT2D eigenvalue weighted by atomic mass is 16.6. The van der Waals surface area contributed by atoms with Gasteiger partial charge in [-0.2, -0.15) is 0 Å². The molecule has 21 heavy (non-hydrogen) atoms. The molecule has 1 aromatic carbocycles. The van der Waals surface area contributed by atoms with Crippen LogP contribution in [0.5, 0.6) is 0 Å². The Hall–Kier alpha value is -2.17. The van der Waals surface area contributed by atoms with Gasteiger partial charge in [0.15, 0.2) is 0 Å². The van der Waals surface area contributed by atoms with Gasteiger partial charge in [0.05, 0.1) is 12.8 Å². The fourth-order valence-electron chi connectivity index (χ4n) is 1.98. The molecule has 1 heterocycles. The molecule has 1 aromatic heterocycles. The summed E-state index contributed by atoms with van der Waals surface area (Å²) in [6, 6.07) is 7.76.